The normalized spacial score (nSPS) is 20.2. The van der Waals surface area contributed by atoms with Gasteiger partial charge in [-0.05, 0) is 0 Å². The van der Waals surface area contributed by atoms with Gasteiger partial charge in [-0.15, -0.1) is 0 Å². The largest absolute Gasteiger partial charge is 1.00 e. The summed E-state index contributed by atoms with van der Waals surface area (Å²) in [5, 5.41) is 0. The fourth-order valence-electron chi connectivity index (χ4n) is 0. The van der Waals surface area contributed by atoms with Gasteiger partial charge in [0.2, 0.25) is 0 Å². The Labute approximate surface area is 112 Å². The molecule has 0 unspecified atom stereocenters. The first-order valence-electron chi connectivity index (χ1n) is 0.857. The molecule has 0 saturated heterocycles. The maximum absolute atomic E-state index is 5.43. The van der Waals surface area contributed by atoms with Crippen molar-refractivity contribution >= 4 is 57.2 Å². The van der Waals surface area contributed by atoms with Crippen LogP contribution in [-0.2, 0) is 6.97 Å². The van der Waals surface area contributed by atoms with Crippen LogP contribution in [0.3, 0.4) is 0 Å². The van der Waals surface area contributed by atoms with Crippen molar-refractivity contribution in [2.45, 2.75) is 0 Å². The van der Waals surface area contributed by atoms with Crippen molar-refractivity contribution in [3.8, 4) is 0 Å². The molecule has 0 aliphatic carbocycles. The summed E-state index contributed by atoms with van der Waals surface area (Å²) < 4.78 is 0. The third-order valence-electron chi connectivity index (χ3n) is 0. The molecule has 0 atom stereocenters. The number of hydrogen-bond acceptors (Lipinski definition) is 0. The van der Waals surface area contributed by atoms with E-state index in [2.05, 4.69) is 0 Å². The molecule has 0 nitrogen and oxygen atoms in total. The average molecular weight is 438 g/mol. The summed E-state index contributed by atoms with van der Waals surface area (Å²) in [5.41, 5.74) is 0. The molecule has 0 aromatic rings. The van der Waals surface area contributed by atoms with Gasteiger partial charge in [0, 0.05) is 0 Å². The Kier molecular flexibility index (Phi) is 5.58. The van der Waals surface area contributed by atoms with E-state index >= 15 is 0 Å². The second-order valence-electron chi connectivity index (χ2n) is 0.810. The SMILES string of the molecule is [Cl][Re]([Cl])([Cl])([Cl])([Cl])[Cl].[K+]. The summed E-state index contributed by atoms with van der Waals surface area (Å²) in [5.74, 6) is 0. The average Bonchev–Trinajstić information content (AvgIpc) is 0.592. The van der Waals surface area contributed by atoms with E-state index in [1.54, 1.807) is 0 Å². The molecule has 0 aliphatic heterocycles. The van der Waals surface area contributed by atoms with Crippen molar-refractivity contribution in [1.29, 1.82) is 0 Å². The number of rotatable bonds is 0. The molecule has 0 aliphatic rings. The summed E-state index contributed by atoms with van der Waals surface area (Å²) in [7, 11) is 30.4. The Balaban J connectivity index is 0. The summed E-state index contributed by atoms with van der Waals surface area (Å²) in [6.07, 6.45) is 0. The smallest absolute Gasteiger partial charge is 1.00 e. The Morgan fingerprint density at radius 2 is 0.625 bits per heavy atom. The topological polar surface area (TPSA) is 0 Å². The minimum absolute atomic E-state index is 0. The fourth-order valence-corrected chi connectivity index (χ4v) is 0. The van der Waals surface area contributed by atoms with Crippen molar-refractivity contribution in [3.63, 3.8) is 0 Å². The van der Waals surface area contributed by atoms with Crippen LogP contribution in [0.1, 0.15) is 0 Å². The monoisotopic (exact) mass is 436 g/mol. The van der Waals surface area contributed by atoms with Crippen LogP contribution in [0.5, 0.6) is 0 Å². The molecule has 0 radical (unpaired) electrons. The third-order valence-corrected chi connectivity index (χ3v) is 0. The predicted octanol–water partition coefficient (Wildman–Crippen LogP) is 1.14. The van der Waals surface area contributed by atoms with Crippen LogP contribution in [0.15, 0.2) is 0 Å². The minimum atomic E-state index is -5.43. The molecular weight excluding hydrogens is 438 g/mol. The molecule has 0 rings (SSSR count). The van der Waals surface area contributed by atoms with Gasteiger partial charge in [0.1, 0.15) is 0 Å². The molecule has 49 valence electrons. The quantitative estimate of drug-likeness (QED) is 0.498. The van der Waals surface area contributed by atoms with Gasteiger partial charge in [0.25, 0.3) is 0 Å². The minimum Gasteiger partial charge on any atom is 1.00 e. The zero-order valence-electron chi connectivity index (χ0n) is 3.65. The Bertz CT molecular complexity index is 67.1. The standard InChI is InChI=1S/6ClH.K.Re/h6*1H;;/q;;;;;;+1;+6/p-6. The molecule has 0 fully saturated rings. The molecule has 0 saturated carbocycles. The first-order valence-corrected chi connectivity index (χ1v) is 21.0. The first kappa shape index (κ1) is 14.6. The number of halogens is 6. The molecule has 0 spiro atoms. The zero-order chi connectivity index (χ0) is 6.41. The molecule has 0 aromatic heterocycles. The Hall–Kier alpha value is 4.04. The van der Waals surface area contributed by atoms with E-state index in [0.717, 1.165) is 0 Å². The Morgan fingerprint density at radius 1 is 0.625 bits per heavy atom. The molecule has 8 heteroatoms. The van der Waals surface area contributed by atoms with E-state index in [1.807, 2.05) is 0 Å². The summed E-state index contributed by atoms with van der Waals surface area (Å²) in [4.78, 5) is 0. The van der Waals surface area contributed by atoms with Crippen molar-refractivity contribution < 1.29 is 58.4 Å². The van der Waals surface area contributed by atoms with Crippen LogP contribution in [0.2, 0.25) is 0 Å². The van der Waals surface area contributed by atoms with Gasteiger partial charge in [0.15, 0.2) is 0 Å². The van der Waals surface area contributed by atoms with E-state index in [1.165, 1.54) is 0 Å². The van der Waals surface area contributed by atoms with Crippen LogP contribution >= 0.6 is 57.2 Å². The van der Waals surface area contributed by atoms with Crippen LogP contribution < -0.4 is 51.4 Å². The first-order chi connectivity index (χ1) is 2.45. The van der Waals surface area contributed by atoms with Gasteiger partial charge >= 0.3 is 116 Å². The number of hydrogen-bond donors (Lipinski definition) is 0. The molecule has 0 aromatic carbocycles. The van der Waals surface area contributed by atoms with Crippen molar-refractivity contribution in [3.05, 3.63) is 0 Å². The van der Waals surface area contributed by atoms with E-state index in [0.29, 0.717) is 0 Å². The molecule has 0 bridgehead atoms. The van der Waals surface area contributed by atoms with Gasteiger partial charge in [0.05, 0.1) is 0 Å². The Morgan fingerprint density at radius 3 is 0.625 bits per heavy atom. The molecule has 0 heterocycles. The predicted molar refractivity (Wildman–Crippen MR) is 35.1 cm³/mol. The van der Waals surface area contributed by atoms with E-state index in [9.17, 15) is 0 Å². The summed E-state index contributed by atoms with van der Waals surface area (Å²) >= 11 is 0. The van der Waals surface area contributed by atoms with E-state index in [4.69, 9.17) is 57.2 Å². The van der Waals surface area contributed by atoms with E-state index < -0.39 is 6.97 Å². The second-order valence-corrected chi connectivity index (χ2v) is 59.7. The maximum atomic E-state index is 5.06. The van der Waals surface area contributed by atoms with Crippen LogP contribution in [0, 0.1) is 0 Å². The molecule has 0 amide bonds. The van der Waals surface area contributed by atoms with Gasteiger partial charge in [-0.1, -0.05) is 0 Å². The second kappa shape index (κ2) is 3.07. The summed E-state index contributed by atoms with van der Waals surface area (Å²) in [6.45, 7) is -5.43. The molecule has 8 heavy (non-hydrogen) atoms. The van der Waals surface area contributed by atoms with Crippen LogP contribution in [0.25, 0.3) is 0 Å². The van der Waals surface area contributed by atoms with Gasteiger partial charge in [-0.25, -0.2) is 0 Å². The van der Waals surface area contributed by atoms with Crippen LogP contribution in [0.4, 0.5) is 0 Å². The van der Waals surface area contributed by atoms with Crippen LogP contribution in [-0.4, -0.2) is 0 Å². The molecule has 0 N–H and O–H groups in total. The van der Waals surface area contributed by atoms with Crippen molar-refractivity contribution in [1.82, 2.24) is 0 Å². The van der Waals surface area contributed by atoms with Gasteiger partial charge in [-0.3, -0.25) is 0 Å². The third kappa shape index (κ3) is 50.3. The fraction of sp³-hybridized carbons (Fsp3) is 0. The van der Waals surface area contributed by atoms with E-state index in [-0.39, 0.29) is 51.4 Å². The summed E-state index contributed by atoms with van der Waals surface area (Å²) in [6, 6.07) is 0. The zero-order valence-corrected chi connectivity index (χ0v) is 14.0. The maximum Gasteiger partial charge on any atom is 1.00 e. The van der Waals surface area contributed by atoms with Gasteiger partial charge < -0.3 is 0 Å². The van der Waals surface area contributed by atoms with Crippen molar-refractivity contribution in [2.24, 2.45) is 0 Å². The van der Waals surface area contributed by atoms with Gasteiger partial charge in [-0.2, -0.15) is 0 Å². The van der Waals surface area contributed by atoms with Crippen molar-refractivity contribution in [2.75, 3.05) is 0 Å². The molecular formula is Cl6KRe+.